The Labute approximate surface area is 314 Å². The average molecular weight is 695 g/mol. The van der Waals surface area contributed by atoms with Crippen LogP contribution in [-0.2, 0) is 5.54 Å². The van der Waals surface area contributed by atoms with Gasteiger partial charge in [-0.3, -0.25) is 4.57 Å². The van der Waals surface area contributed by atoms with Gasteiger partial charge in [0.1, 0.15) is 0 Å². The molecule has 0 spiro atoms. The molecule has 0 aliphatic carbocycles. The van der Waals surface area contributed by atoms with E-state index in [1.54, 1.807) is 0 Å². The zero-order chi connectivity index (χ0) is 36.4. The maximum absolute atomic E-state index is 5.19. The summed E-state index contributed by atoms with van der Waals surface area (Å²) in [6.45, 7) is 6.83. The van der Waals surface area contributed by atoms with Gasteiger partial charge < -0.3 is 4.57 Å². The molecule has 10 aromatic rings. The first-order valence-electron chi connectivity index (χ1n) is 18.6. The number of nitrogens with zero attached hydrogens (tertiary/aromatic N) is 4. The molecule has 4 nitrogen and oxygen atoms in total. The molecule has 258 valence electrons. The summed E-state index contributed by atoms with van der Waals surface area (Å²) in [6, 6.07) is 60.9. The summed E-state index contributed by atoms with van der Waals surface area (Å²) in [4.78, 5) is 10.0. The van der Waals surface area contributed by atoms with E-state index in [4.69, 9.17) is 9.97 Å². The second kappa shape index (κ2) is 12.4. The van der Waals surface area contributed by atoms with E-state index >= 15 is 0 Å². The zero-order valence-corrected chi connectivity index (χ0v) is 30.5. The number of benzene rings is 7. The topological polar surface area (TPSA) is 35.6 Å². The Kier molecular flexibility index (Phi) is 7.34. The molecule has 0 unspecified atom stereocenters. The largest absolute Gasteiger partial charge is 0.335 e. The van der Waals surface area contributed by atoms with E-state index in [-0.39, 0.29) is 5.54 Å². The van der Waals surface area contributed by atoms with Crippen molar-refractivity contribution in [3.05, 3.63) is 176 Å². The lowest BCUT2D eigenvalue weighted by atomic mass is 9.98. The van der Waals surface area contributed by atoms with E-state index in [2.05, 4.69) is 194 Å². The monoisotopic (exact) mass is 694 g/mol. The molecule has 3 heterocycles. The fourth-order valence-corrected chi connectivity index (χ4v) is 8.20. The van der Waals surface area contributed by atoms with Crippen molar-refractivity contribution in [3.8, 4) is 50.6 Å². The van der Waals surface area contributed by atoms with E-state index in [1.807, 2.05) is 12.3 Å². The van der Waals surface area contributed by atoms with Crippen LogP contribution in [0.5, 0.6) is 0 Å². The third-order valence-electron chi connectivity index (χ3n) is 10.7. The van der Waals surface area contributed by atoms with Gasteiger partial charge in [0.15, 0.2) is 0 Å². The molecule has 3 aromatic heterocycles. The van der Waals surface area contributed by atoms with Gasteiger partial charge in [0.25, 0.3) is 0 Å². The second-order valence-electron chi connectivity index (χ2n) is 15.1. The summed E-state index contributed by atoms with van der Waals surface area (Å²) in [7, 11) is 0. The molecule has 0 saturated carbocycles. The highest BCUT2D eigenvalue weighted by Gasteiger charge is 2.21. The first-order valence-corrected chi connectivity index (χ1v) is 18.6. The number of aromatic nitrogens is 4. The lowest BCUT2D eigenvalue weighted by Crippen LogP contribution is -2.21. The SMILES string of the molecule is CC(C)(C)n1c2ccccc2c2cc(-c3ccc4c(c3)c3ccccc3n4-c3nccc(-c4cccc(-c5ccc(-c6ccccc6)cc5)c4)n3)ccc21. The van der Waals surface area contributed by atoms with E-state index in [1.165, 1.54) is 60.4 Å². The Morgan fingerprint density at radius 2 is 0.870 bits per heavy atom. The van der Waals surface area contributed by atoms with Crippen LogP contribution in [0.25, 0.3) is 94.2 Å². The van der Waals surface area contributed by atoms with Gasteiger partial charge in [-0.2, -0.15) is 0 Å². The fourth-order valence-electron chi connectivity index (χ4n) is 8.20. The smallest absolute Gasteiger partial charge is 0.235 e. The van der Waals surface area contributed by atoms with Gasteiger partial charge in [-0.25, -0.2) is 9.97 Å². The Bertz CT molecular complexity index is 3010. The molecule has 0 bridgehead atoms. The van der Waals surface area contributed by atoms with Gasteiger partial charge in [0, 0.05) is 49.9 Å². The van der Waals surface area contributed by atoms with Crippen LogP contribution in [0.4, 0.5) is 0 Å². The molecule has 0 atom stereocenters. The standard InChI is InChI=1S/C50H38N4/c1-50(2,3)54-47-19-10-8-17-41(47)43-32-38(25-27-48(43)54)37-24-26-46-42(31-37)40-16-7-9-18-45(40)53(46)49-51-29-28-44(52-49)39-15-11-14-36(30-39)35-22-20-34(21-23-35)33-12-5-4-6-13-33/h4-32H,1-3H3. The van der Waals surface area contributed by atoms with Crippen LogP contribution in [0, 0.1) is 0 Å². The summed E-state index contributed by atoms with van der Waals surface area (Å²) >= 11 is 0. The second-order valence-corrected chi connectivity index (χ2v) is 15.1. The fraction of sp³-hybridized carbons (Fsp3) is 0.0800. The Morgan fingerprint density at radius 3 is 1.59 bits per heavy atom. The van der Waals surface area contributed by atoms with Crippen LogP contribution < -0.4 is 0 Å². The molecular weight excluding hydrogens is 657 g/mol. The molecule has 0 fully saturated rings. The Hall–Kier alpha value is -6.78. The first kappa shape index (κ1) is 31.9. The molecule has 0 aliphatic rings. The third kappa shape index (κ3) is 5.30. The van der Waals surface area contributed by atoms with E-state index in [0.717, 1.165) is 27.9 Å². The Morgan fingerprint density at radius 1 is 0.389 bits per heavy atom. The summed E-state index contributed by atoms with van der Waals surface area (Å²) in [5, 5.41) is 4.91. The van der Waals surface area contributed by atoms with Crippen molar-refractivity contribution in [2.24, 2.45) is 0 Å². The van der Waals surface area contributed by atoms with Crippen LogP contribution in [-0.4, -0.2) is 19.1 Å². The number of hydrogen-bond acceptors (Lipinski definition) is 2. The van der Waals surface area contributed by atoms with Crippen LogP contribution in [0.15, 0.2) is 176 Å². The molecule has 54 heavy (non-hydrogen) atoms. The van der Waals surface area contributed by atoms with Crippen molar-refractivity contribution in [3.63, 3.8) is 0 Å². The quantitative estimate of drug-likeness (QED) is 0.180. The summed E-state index contributed by atoms with van der Waals surface area (Å²) < 4.78 is 4.66. The predicted octanol–water partition coefficient (Wildman–Crippen LogP) is 13.1. The lowest BCUT2D eigenvalue weighted by Gasteiger charge is -2.24. The first-order chi connectivity index (χ1) is 26.4. The van der Waals surface area contributed by atoms with Crippen molar-refractivity contribution in [1.82, 2.24) is 19.1 Å². The molecular formula is C50H38N4. The highest BCUT2D eigenvalue weighted by Crippen LogP contribution is 2.39. The maximum atomic E-state index is 5.19. The maximum Gasteiger partial charge on any atom is 0.235 e. The number of para-hydroxylation sites is 2. The summed E-state index contributed by atoms with van der Waals surface area (Å²) in [5.74, 6) is 0.653. The average Bonchev–Trinajstić information content (AvgIpc) is 3.74. The molecule has 7 aromatic carbocycles. The molecule has 10 rings (SSSR count). The van der Waals surface area contributed by atoms with Crippen LogP contribution in [0.2, 0.25) is 0 Å². The highest BCUT2D eigenvalue weighted by atomic mass is 15.2. The Balaban J connectivity index is 1.04. The van der Waals surface area contributed by atoms with Gasteiger partial charge in [-0.05, 0) is 103 Å². The third-order valence-corrected chi connectivity index (χ3v) is 10.7. The predicted molar refractivity (Wildman–Crippen MR) is 226 cm³/mol. The van der Waals surface area contributed by atoms with E-state index < -0.39 is 0 Å². The number of hydrogen-bond donors (Lipinski definition) is 0. The van der Waals surface area contributed by atoms with Crippen LogP contribution >= 0.6 is 0 Å². The van der Waals surface area contributed by atoms with Crippen molar-refractivity contribution >= 4 is 43.6 Å². The normalized spacial score (nSPS) is 12.0. The van der Waals surface area contributed by atoms with Gasteiger partial charge in [-0.15, -0.1) is 0 Å². The highest BCUT2D eigenvalue weighted by molar-refractivity contribution is 6.12. The molecule has 0 saturated heterocycles. The van der Waals surface area contributed by atoms with E-state index in [9.17, 15) is 0 Å². The lowest BCUT2D eigenvalue weighted by molar-refractivity contribution is 0.423. The van der Waals surface area contributed by atoms with Crippen LogP contribution in [0.1, 0.15) is 20.8 Å². The summed E-state index contributed by atoms with van der Waals surface area (Å²) in [6.07, 6.45) is 1.87. The minimum Gasteiger partial charge on any atom is -0.335 e. The minimum absolute atomic E-state index is 0.0408. The van der Waals surface area contributed by atoms with Crippen molar-refractivity contribution in [2.75, 3.05) is 0 Å². The van der Waals surface area contributed by atoms with Gasteiger partial charge in [0.05, 0.1) is 16.7 Å². The van der Waals surface area contributed by atoms with Gasteiger partial charge >= 0.3 is 0 Å². The van der Waals surface area contributed by atoms with Gasteiger partial charge in [-0.1, -0.05) is 121 Å². The van der Waals surface area contributed by atoms with Crippen molar-refractivity contribution in [1.29, 1.82) is 0 Å². The molecule has 0 aliphatic heterocycles. The van der Waals surface area contributed by atoms with Gasteiger partial charge in [0.2, 0.25) is 5.95 Å². The molecule has 0 amide bonds. The van der Waals surface area contributed by atoms with Crippen LogP contribution in [0.3, 0.4) is 0 Å². The number of fused-ring (bicyclic) bond motifs is 6. The molecule has 0 radical (unpaired) electrons. The zero-order valence-electron chi connectivity index (χ0n) is 30.5. The summed E-state index contributed by atoms with van der Waals surface area (Å²) in [5.41, 5.74) is 13.7. The number of rotatable bonds is 5. The minimum atomic E-state index is -0.0408. The van der Waals surface area contributed by atoms with E-state index in [0.29, 0.717) is 5.95 Å². The molecule has 4 heteroatoms. The molecule has 0 N–H and O–H groups in total. The van der Waals surface area contributed by atoms with Crippen molar-refractivity contribution < 1.29 is 0 Å². The van der Waals surface area contributed by atoms with Crippen molar-refractivity contribution in [2.45, 2.75) is 26.3 Å².